The van der Waals surface area contributed by atoms with Crippen LogP contribution >= 0.6 is 11.8 Å². The van der Waals surface area contributed by atoms with Crippen molar-refractivity contribution < 1.29 is 18.4 Å². The number of hydroxylamine groups is 2. The fourth-order valence-corrected chi connectivity index (χ4v) is 1.95. The monoisotopic (exact) mass is 261 g/mol. The van der Waals surface area contributed by atoms with Gasteiger partial charge in [0.15, 0.2) is 11.6 Å². The molecule has 0 bridgehead atoms. The minimum Gasteiger partial charge on any atom is -0.275 e. The third-order valence-electron chi connectivity index (χ3n) is 2.10. The summed E-state index contributed by atoms with van der Waals surface area (Å²) in [5.74, 6) is -1.43. The highest BCUT2D eigenvalue weighted by Crippen LogP contribution is 2.21. The molecular formula is C11H13F2NO2S. The number of hydrogen-bond donors (Lipinski definition) is 0. The number of carbonyl (C=O) groups is 1. The van der Waals surface area contributed by atoms with Crippen molar-refractivity contribution in [1.82, 2.24) is 5.06 Å². The molecule has 94 valence electrons. The number of hydrogen-bond acceptors (Lipinski definition) is 3. The molecule has 1 rings (SSSR count). The topological polar surface area (TPSA) is 29.5 Å². The largest absolute Gasteiger partial charge is 0.275 e. The number of amides is 1. The van der Waals surface area contributed by atoms with Gasteiger partial charge in [-0.05, 0) is 18.2 Å². The summed E-state index contributed by atoms with van der Waals surface area (Å²) in [4.78, 5) is 16.6. The van der Waals surface area contributed by atoms with E-state index in [0.717, 1.165) is 17.2 Å². The summed E-state index contributed by atoms with van der Waals surface area (Å²) in [6.45, 7) is 0. The summed E-state index contributed by atoms with van der Waals surface area (Å²) in [6.07, 6.45) is 0.272. The molecule has 0 spiro atoms. The Kier molecular flexibility index (Phi) is 5.37. The van der Waals surface area contributed by atoms with Crippen LogP contribution in [0.25, 0.3) is 0 Å². The van der Waals surface area contributed by atoms with E-state index in [1.165, 1.54) is 32.0 Å². The average molecular weight is 261 g/mol. The zero-order chi connectivity index (χ0) is 12.8. The van der Waals surface area contributed by atoms with E-state index in [2.05, 4.69) is 0 Å². The van der Waals surface area contributed by atoms with Crippen molar-refractivity contribution in [2.45, 2.75) is 11.3 Å². The molecule has 0 saturated heterocycles. The quantitative estimate of drug-likeness (QED) is 0.602. The molecule has 0 unspecified atom stereocenters. The number of thioether (sulfide) groups is 1. The first-order chi connectivity index (χ1) is 8.04. The van der Waals surface area contributed by atoms with Crippen LogP contribution in [0.3, 0.4) is 0 Å². The van der Waals surface area contributed by atoms with Crippen molar-refractivity contribution in [3.63, 3.8) is 0 Å². The van der Waals surface area contributed by atoms with Gasteiger partial charge >= 0.3 is 0 Å². The van der Waals surface area contributed by atoms with Crippen LogP contribution in [0.15, 0.2) is 23.1 Å². The van der Waals surface area contributed by atoms with Gasteiger partial charge in [-0.25, -0.2) is 13.8 Å². The predicted octanol–water partition coefficient (Wildman–Crippen LogP) is 2.47. The van der Waals surface area contributed by atoms with Crippen molar-refractivity contribution in [3.05, 3.63) is 29.8 Å². The summed E-state index contributed by atoms with van der Waals surface area (Å²) in [7, 11) is 2.92. The van der Waals surface area contributed by atoms with E-state index >= 15 is 0 Å². The van der Waals surface area contributed by atoms with Gasteiger partial charge in [0.05, 0.1) is 7.11 Å². The summed E-state index contributed by atoms with van der Waals surface area (Å²) < 4.78 is 25.5. The van der Waals surface area contributed by atoms with Crippen LogP contribution in [0.1, 0.15) is 6.42 Å². The van der Waals surface area contributed by atoms with E-state index in [0.29, 0.717) is 10.6 Å². The van der Waals surface area contributed by atoms with E-state index < -0.39 is 11.6 Å². The van der Waals surface area contributed by atoms with Crippen molar-refractivity contribution >= 4 is 17.7 Å². The van der Waals surface area contributed by atoms with Crippen LogP contribution in [0.2, 0.25) is 0 Å². The lowest BCUT2D eigenvalue weighted by Gasteiger charge is -2.12. The first kappa shape index (κ1) is 13.9. The third kappa shape index (κ3) is 4.32. The molecule has 0 aliphatic carbocycles. The number of halogens is 2. The second-order valence-electron chi connectivity index (χ2n) is 3.25. The van der Waals surface area contributed by atoms with E-state index in [-0.39, 0.29) is 12.3 Å². The molecule has 0 aromatic heterocycles. The highest BCUT2D eigenvalue weighted by atomic mass is 32.2. The Labute approximate surface area is 103 Å². The number of benzene rings is 1. The molecule has 0 aliphatic heterocycles. The van der Waals surface area contributed by atoms with Crippen LogP contribution in [-0.2, 0) is 9.63 Å². The molecule has 0 atom stereocenters. The highest BCUT2D eigenvalue weighted by molar-refractivity contribution is 7.99. The lowest BCUT2D eigenvalue weighted by atomic mass is 10.3. The molecule has 1 aromatic rings. The van der Waals surface area contributed by atoms with E-state index in [1.54, 1.807) is 0 Å². The normalized spacial score (nSPS) is 10.4. The maximum atomic E-state index is 12.9. The maximum absolute atomic E-state index is 12.9. The Morgan fingerprint density at radius 1 is 1.41 bits per heavy atom. The Morgan fingerprint density at radius 3 is 2.71 bits per heavy atom. The first-order valence-electron chi connectivity index (χ1n) is 4.93. The summed E-state index contributed by atoms with van der Waals surface area (Å²) >= 11 is 1.29. The number of nitrogens with zero attached hydrogens (tertiary/aromatic N) is 1. The molecule has 3 nitrogen and oxygen atoms in total. The summed E-state index contributed by atoms with van der Waals surface area (Å²) in [5.41, 5.74) is 0. The van der Waals surface area contributed by atoms with Gasteiger partial charge in [-0.2, -0.15) is 0 Å². The standard InChI is InChI=1S/C11H13F2NO2S/c1-14(16-2)11(15)5-6-17-8-3-4-9(12)10(13)7-8/h3-4,7H,5-6H2,1-2H3. The second-order valence-corrected chi connectivity index (χ2v) is 4.42. The second kappa shape index (κ2) is 6.56. The smallest absolute Gasteiger partial charge is 0.246 e. The highest BCUT2D eigenvalue weighted by Gasteiger charge is 2.08. The van der Waals surface area contributed by atoms with Crippen LogP contribution in [0.5, 0.6) is 0 Å². The van der Waals surface area contributed by atoms with Gasteiger partial charge in [0.2, 0.25) is 5.91 Å². The summed E-state index contributed by atoms with van der Waals surface area (Å²) in [6, 6.07) is 3.67. The lowest BCUT2D eigenvalue weighted by molar-refractivity contribution is -0.168. The summed E-state index contributed by atoms with van der Waals surface area (Å²) in [5, 5.41) is 1.13. The first-order valence-corrected chi connectivity index (χ1v) is 5.91. The van der Waals surface area contributed by atoms with Gasteiger partial charge in [-0.1, -0.05) is 0 Å². The van der Waals surface area contributed by atoms with Gasteiger partial charge in [-0.3, -0.25) is 9.63 Å². The zero-order valence-corrected chi connectivity index (χ0v) is 10.4. The molecule has 0 N–H and O–H groups in total. The van der Waals surface area contributed by atoms with Gasteiger partial charge in [0, 0.05) is 24.1 Å². The SMILES string of the molecule is CON(C)C(=O)CCSc1ccc(F)c(F)c1. The van der Waals surface area contributed by atoms with Crippen LogP contribution < -0.4 is 0 Å². The lowest BCUT2D eigenvalue weighted by Crippen LogP contribution is -2.25. The van der Waals surface area contributed by atoms with E-state index in [1.807, 2.05) is 0 Å². The molecule has 1 amide bonds. The minimum atomic E-state index is -0.879. The van der Waals surface area contributed by atoms with Gasteiger partial charge in [0.1, 0.15) is 0 Å². The van der Waals surface area contributed by atoms with E-state index in [9.17, 15) is 13.6 Å². The molecule has 17 heavy (non-hydrogen) atoms. The van der Waals surface area contributed by atoms with Crippen LogP contribution in [0.4, 0.5) is 8.78 Å². The van der Waals surface area contributed by atoms with Crippen LogP contribution in [0, 0.1) is 11.6 Å². The fraction of sp³-hybridized carbons (Fsp3) is 0.364. The van der Waals surface area contributed by atoms with Gasteiger partial charge in [-0.15, -0.1) is 11.8 Å². The Bertz CT molecular complexity index is 401. The fourth-order valence-electron chi connectivity index (χ4n) is 1.08. The molecule has 0 saturated carbocycles. The van der Waals surface area contributed by atoms with Crippen molar-refractivity contribution in [3.8, 4) is 0 Å². The molecule has 0 heterocycles. The third-order valence-corrected chi connectivity index (χ3v) is 3.10. The van der Waals surface area contributed by atoms with Gasteiger partial charge < -0.3 is 0 Å². The van der Waals surface area contributed by atoms with Crippen LogP contribution in [-0.4, -0.2) is 30.9 Å². The predicted molar refractivity (Wildman–Crippen MR) is 61.5 cm³/mol. The van der Waals surface area contributed by atoms with Crippen molar-refractivity contribution in [1.29, 1.82) is 0 Å². The maximum Gasteiger partial charge on any atom is 0.246 e. The Balaban J connectivity index is 2.41. The molecular weight excluding hydrogens is 248 g/mol. The number of carbonyl (C=O) groups excluding carboxylic acids is 1. The molecule has 0 radical (unpaired) electrons. The zero-order valence-electron chi connectivity index (χ0n) is 9.57. The minimum absolute atomic E-state index is 0.164. The Morgan fingerprint density at radius 2 is 2.12 bits per heavy atom. The Hall–Kier alpha value is -1.14. The molecule has 0 fully saturated rings. The van der Waals surface area contributed by atoms with Crippen molar-refractivity contribution in [2.75, 3.05) is 19.9 Å². The molecule has 6 heteroatoms. The van der Waals surface area contributed by atoms with E-state index in [4.69, 9.17) is 4.84 Å². The number of rotatable bonds is 5. The van der Waals surface area contributed by atoms with Gasteiger partial charge in [0.25, 0.3) is 0 Å². The molecule has 0 aliphatic rings. The average Bonchev–Trinajstić information content (AvgIpc) is 2.32. The van der Waals surface area contributed by atoms with Crippen molar-refractivity contribution in [2.24, 2.45) is 0 Å². The molecule has 1 aromatic carbocycles.